The molecule has 1 saturated carbocycles. The first kappa shape index (κ1) is 14.0. The number of amides is 1. The molecular weight excluding hydrogens is 288 g/mol. The average molecular weight is 306 g/mol. The number of aryl methyl sites for hydroxylation is 1. The predicted octanol–water partition coefficient (Wildman–Crippen LogP) is 3.81. The quantitative estimate of drug-likeness (QED) is 0.800. The van der Waals surface area contributed by atoms with Gasteiger partial charge in [-0.2, -0.15) is 0 Å². The lowest BCUT2D eigenvalue weighted by molar-refractivity contribution is 0.0905. The number of hydrogen-bond donors (Lipinski definition) is 1. The Kier molecular flexibility index (Phi) is 3.37. The molecule has 0 unspecified atom stereocenters. The summed E-state index contributed by atoms with van der Waals surface area (Å²) in [4.78, 5) is 16.7. The predicted molar refractivity (Wildman–Crippen MR) is 88.4 cm³/mol. The maximum absolute atomic E-state index is 12.5. The number of furan rings is 1. The molecule has 1 aliphatic rings. The first-order valence-corrected chi connectivity index (χ1v) is 7.91. The molecule has 1 aromatic carbocycles. The highest BCUT2D eigenvalue weighted by Crippen LogP contribution is 2.38. The smallest absolute Gasteiger partial charge is 0.270 e. The molecule has 2 aromatic heterocycles. The zero-order chi connectivity index (χ0) is 15.8. The van der Waals surface area contributed by atoms with Crippen molar-refractivity contribution in [2.45, 2.75) is 31.7 Å². The second-order valence-corrected chi connectivity index (χ2v) is 6.19. The topological polar surface area (TPSA) is 55.1 Å². The average Bonchev–Trinajstić information content (AvgIpc) is 2.99. The molecule has 4 rings (SSSR count). The lowest BCUT2D eigenvalue weighted by atomic mass is 9.74. The molecule has 1 fully saturated rings. The number of pyridine rings is 1. The van der Waals surface area contributed by atoms with Crippen molar-refractivity contribution in [3.63, 3.8) is 0 Å². The molecule has 0 radical (unpaired) electrons. The van der Waals surface area contributed by atoms with Gasteiger partial charge in [0.05, 0.1) is 11.6 Å². The molecular formula is C19H18N2O2. The van der Waals surface area contributed by atoms with E-state index in [1.807, 2.05) is 0 Å². The lowest BCUT2D eigenvalue weighted by Crippen LogP contribution is -2.43. The Bertz CT molecular complexity index is 862. The third kappa shape index (κ3) is 2.50. The van der Waals surface area contributed by atoms with Gasteiger partial charge >= 0.3 is 0 Å². The highest BCUT2D eigenvalue weighted by Gasteiger charge is 2.32. The molecule has 0 atom stereocenters. The number of carbonyl (C=O) groups is 1. The van der Waals surface area contributed by atoms with E-state index in [1.54, 1.807) is 24.6 Å². The standard InChI is InChI=1S/C19H18N2O2/c1-12-4-2-3-5-15(12)13-10-14(11-13)21-19(22)18-16-7-9-23-17(16)6-8-20-18/h2-9,13-14H,10-11H2,1H3,(H,21,22). The second-order valence-electron chi connectivity index (χ2n) is 6.19. The third-order valence-electron chi connectivity index (χ3n) is 4.70. The molecule has 1 aliphatic carbocycles. The van der Waals surface area contributed by atoms with Gasteiger partial charge in [-0.1, -0.05) is 24.3 Å². The van der Waals surface area contributed by atoms with Gasteiger partial charge < -0.3 is 9.73 Å². The van der Waals surface area contributed by atoms with Crippen molar-refractivity contribution in [1.29, 1.82) is 0 Å². The van der Waals surface area contributed by atoms with Crippen LogP contribution in [0.5, 0.6) is 0 Å². The molecule has 0 spiro atoms. The number of fused-ring (bicyclic) bond motifs is 1. The molecule has 4 heteroatoms. The molecule has 4 nitrogen and oxygen atoms in total. The molecule has 3 aromatic rings. The Morgan fingerprint density at radius 1 is 1.22 bits per heavy atom. The fourth-order valence-electron chi connectivity index (χ4n) is 3.36. The van der Waals surface area contributed by atoms with E-state index in [-0.39, 0.29) is 11.9 Å². The van der Waals surface area contributed by atoms with E-state index in [0.29, 0.717) is 17.2 Å². The maximum atomic E-state index is 12.5. The van der Waals surface area contributed by atoms with Gasteiger partial charge in [-0.15, -0.1) is 0 Å². The number of carbonyl (C=O) groups excluding carboxylic acids is 1. The van der Waals surface area contributed by atoms with Gasteiger partial charge in [-0.05, 0) is 48.9 Å². The van der Waals surface area contributed by atoms with Crippen LogP contribution in [0.1, 0.15) is 40.4 Å². The molecule has 1 amide bonds. The van der Waals surface area contributed by atoms with Crippen molar-refractivity contribution < 1.29 is 9.21 Å². The van der Waals surface area contributed by atoms with E-state index < -0.39 is 0 Å². The van der Waals surface area contributed by atoms with Gasteiger partial charge in [0.2, 0.25) is 0 Å². The van der Waals surface area contributed by atoms with Crippen LogP contribution >= 0.6 is 0 Å². The van der Waals surface area contributed by atoms with Crippen LogP contribution in [0.2, 0.25) is 0 Å². The van der Waals surface area contributed by atoms with E-state index in [1.165, 1.54) is 11.1 Å². The van der Waals surface area contributed by atoms with Crippen molar-refractivity contribution in [2.75, 3.05) is 0 Å². The fraction of sp³-hybridized carbons (Fsp3) is 0.263. The SMILES string of the molecule is Cc1ccccc1C1CC(NC(=O)c2nccc3occc23)C1. The summed E-state index contributed by atoms with van der Waals surface area (Å²) in [5.41, 5.74) is 3.85. The van der Waals surface area contributed by atoms with Crippen LogP contribution in [-0.4, -0.2) is 16.9 Å². The van der Waals surface area contributed by atoms with Gasteiger partial charge in [0.15, 0.2) is 0 Å². The van der Waals surface area contributed by atoms with Crippen molar-refractivity contribution in [3.05, 3.63) is 65.7 Å². The number of rotatable bonds is 3. The van der Waals surface area contributed by atoms with Crippen molar-refractivity contribution in [3.8, 4) is 0 Å². The number of nitrogens with one attached hydrogen (secondary N) is 1. The van der Waals surface area contributed by atoms with Crippen LogP contribution in [-0.2, 0) is 0 Å². The molecule has 116 valence electrons. The van der Waals surface area contributed by atoms with Crippen molar-refractivity contribution >= 4 is 16.9 Å². The van der Waals surface area contributed by atoms with Crippen LogP contribution < -0.4 is 5.32 Å². The third-order valence-corrected chi connectivity index (χ3v) is 4.70. The van der Waals surface area contributed by atoms with Crippen LogP contribution in [0.3, 0.4) is 0 Å². The molecule has 23 heavy (non-hydrogen) atoms. The van der Waals surface area contributed by atoms with Crippen LogP contribution in [0.15, 0.2) is 53.3 Å². The van der Waals surface area contributed by atoms with E-state index in [4.69, 9.17) is 4.42 Å². The molecule has 2 heterocycles. The number of aromatic nitrogens is 1. The van der Waals surface area contributed by atoms with Gasteiger partial charge in [0, 0.05) is 12.2 Å². The van der Waals surface area contributed by atoms with Crippen LogP contribution in [0.25, 0.3) is 11.0 Å². The summed E-state index contributed by atoms with van der Waals surface area (Å²) in [6.45, 7) is 2.14. The Morgan fingerprint density at radius 3 is 2.87 bits per heavy atom. The van der Waals surface area contributed by atoms with E-state index in [9.17, 15) is 4.79 Å². The minimum atomic E-state index is -0.120. The molecule has 0 bridgehead atoms. The zero-order valence-corrected chi connectivity index (χ0v) is 13.0. The van der Waals surface area contributed by atoms with Gasteiger partial charge in [0.1, 0.15) is 11.3 Å². The normalized spacial score (nSPS) is 20.2. The fourth-order valence-corrected chi connectivity index (χ4v) is 3.36. The number of nitrogens with zero attached hydrogens (tertiary/aromatic N) is 1. The highest BCUT2D eigenvalue weighted by atomic mass is 16.3. The highest BCUT2D eigenvalue weighted by molar-refractivity contribution is 6.04. The largest absolute Gasteiger partial charge is 0.464 e. The first-order chi connectivity index (χ1) is 11.2. The Labute approximate surface area is 134 Å². The van der Waals surface area contributed by atoms with E-state index >= 15 is 0 Å². The minimum Gasteiger partial charge on any atom is -0.464 e. The maximum Gasteiger partial charge on any atom is 0.270 e. The second kappa shape index (κ2) is 5.54. The monoisotopic (exact) mass is 306 g/mol. The minimum absolute atomic E-state index is 0.120. The lowest BCUT2D eigenvalue weighted by Gasteiger charge is -2.36. The Hall–Kier alpha value is -2.62. The summed E-state index contributed by atoms with van der Waals surface area (Å²) in [7, 11) is 0. The van der Waals surface area contributed by atoms with E-state index in [2.05, 4.69) is 41.5 Å². The molecule has 0 aliphatic heterocycles. The zero-order valence-electron chi connectivity index (χ0n) is 13.0. The van der Waals surface area contributed by atoms with E-state index in [0.717, 1.165) is 18.2 Å². The Morgan fingerprint density at radius 2 is 2.04 bits per heavy atom. The van der Waals surface area contributed by atoms with Crippen molar-refractivity contribution in [1.82, 2.24) is 10.3 Å². The summed E-state index contributed by atoms with van der Waals surface area (Å²) in [5.74, 6) is 0.421. The number of hydrogen-bond acceptors (Lipinski definition) is 3. The van der Waals surface area contributed by atoms with Crippen LogP contribution in [0.4, 0.5) is 0 Å². The first-order valence-electron chi connectivity index (χ1n) is 7.91. The van der Waals surface area contributed by atoms with Gasteiger partial charge in [0.25, 0.3) is 5.91 Å². The van der Waals surface area contributed by atoms with Gasteiger partial charge in [-0.25, -0.2) is 0 Å². The van der Waals surface area contributed by atoms with Crippen molar-refractivity contribution in [2.24, 2.45) is 0 Å². The molecule has 1 N–H and O–H groups in total. The number of benzene rings is 1. The summed E-state index contributed by atoms with van der Waals surface area (Å²) in [6, 6.07) is 12.2. The van der Waals surface area contributed by atoms with Gasteiger partial charge in [-0.3, -0.25) is 9.78 Å². The van der Waals surface area contributed by atoms with Crippen LogP contribution in [0, 0.1) is 6.92 Å². The Balaban J connectivity index is 1.44. The summed E-state index contributed by atoms with van der Waals surface area (Å²) < 4.78 is 5.32. The summed E-state index contributed by atoms with van der Waals surface area (Å²) in [6.07, 6.45) is 5.16. The summed E-state index contributed by atoms with van der Waals surface area (Å²) in [5, 5.41) is 3.85. The summed E-state index contributed by atoms with van der Waals surface area (Å²) >= 11 is 0. The molecule has 0 saturated heterocycles.